The van der Waals surface area contributed by atoms with Crippen LogP contribution in [0.5, 0.6) is 5.75 Å². The normalized spacial score (nSPS) is 11.9. The zero-order chi connectivity index (χ0) is 23.8. The second-order valence-electron chi connectivity index (χ2n) is 8.01. The van der Waals surface area contributed by atoms with Gasteiger partial charge in [-0.3, -0.25) is 0 Å². The van der Waals surface area contributed by atoms with E-state index in [0.717, 1.165) is 23.5 Å². The number of carboxylic acid groups (broad SMARTS) is 1. The number of rotatable bonds is 17. The number of nitrogens with one attached hydrogen (secondary N) is 1. The van der Waals surface area contributed by atoms with Crippen molar-refractivity contribution in [3.05, 3.63) is 29.8 Å². The zero-order valence-corrected chi connectivity index (χ0v) is 20.8. The fourth-order valence-corrected chi connectivity index (χ4v) is 3.78. The van der Waals surface area contributed by atoms with Crippen LogP contribution in [0.4, 0.5) is 4.79 Å². The van der Waals surface area contributed by atoms with Gasteiger partial charge in [0, 0.05) is 26.1 Å². The van der Waals surface area contributed by atoms with Gasteiger partial charge < -0.3 is 24.8 Å². The number of aliphatic carboxylic acids is 1. The maximum Gasteiger partial charge on any atom is 0.333 e. The molecule has 2 N–H and O–H groups in total. The van der Waals surface area contributed by atoms with Gasteiger partial charge in [0.25, 0.3) is 0 Å². The first-order valence-corrected chi connectivity index (χ1v) is 12.7. The molecule has 32 heavy (non-hydrogen) atoms. The molecule has 1 atom stereocenters. The Morgan fingerprint density at radius 2 is 1.84 bits per heavy atom. The first-order valence-electron chi connectivity index (χ1n) is 11.5. The van der Waals surface area contributed by atoms with Gasteiger partial charge in [0.15, 0.2) is 6.10 Å². The van der Waals surface area contributed by atoms with Crippen LogP contribution in [0.15, 0.2) is 24.3 Å². The van der Waals surface area contributed by atoms with E-state index in [9.17, 15) is 14.7 Å². The number of benzene rings is 1. The summed E-state index contributed by atoms with van der Waals surface area (Å²) in [4.78, 5) is 25.6. The molecule has 1 aromatic rings. The number of carbonyl (C=O) groups excluding carboxylic acids is 1. The van der Waals surface area contributed by atoms with E-state index >= 15 is 0 Å². The van der Waals surface area contributed by atoms with E-state index in [0.29, 0.717) is 50.9 Å². The molecular formula is C24H40N2O5S. The highest BCUT2D eigenvalue weighted by Crippen LogP contribution is 2.15. The molecule has 1 aromatic carbocycles. The zero-order valence-electron chi connectivity index (χ0n) is 20.0. The number of amides is 2. The standard InChI is InChI=1S/C24H40N2O5S/c1-5-15-32-16-7-12-26(24(29)25-18-19(3)4)13-14-31-21-10-8-20(9-11-21)17-22(23(27)28)30-6-2/h8-11,19,22H,5-7,12-18H2,1-4H3,(H,25,29)(H,27,28). The lowest BCUT2D eigenvalue weighted by Gasteiger charge is -2.24. The van der Waals surface area contributed by atoms with Gasteiger partial charge in [0.2, 0.25) is 0 Å². The van der Waals surface area contributed by atoms with Crippen LogP contribution >= 0.6 is 11.8 Å². The highest BCUT2D eigenvalue weighted by Gasteiger charge is 2.18. The summed E-state index contributed by atoms with van der Waals surface area (Å²) in [6.07, 6.45) is 1.58. The van der Waals surface area contributed by atoms with Crippen LogP contribution in [0.3, 0.4) is 0 Å². The molecule has 0 fully saturated rings. The third-order valence-electron chi connectivity index (χ3n) is 4.63. The van der Waals surface area contributed by atoms with Gasteiger partial charge >= 0.3 is 12.0 Å². The Kier molecular flexibility index (Phi) is 14.6. The molecule has 2 amide bonds. The summed E-state index contributed by atoms with van der Waals surface area (Å²) < 4.78 is 11.1. The van der Waals surface area contributed by atoms with Crippen molar-refractivity contribution in [2.75, 3.05) is 44.4 Å². The second kappa shape index (κ2) is 16.7. The van der Waals surface area contributed by atoms with Gasteiger partial charge in [-0.15, -0.1) is 0 Å². The largest absolute Gasteiger partial charge is 0.492 e. The average Bonchev–Trinajstić information content (AvgIpc) is 2.76. The Hall–Kier alpha value is -1.93. The fraction of sp³-hybridized carbons (Fsp3) is 0.667. The summed E-state index contributed by atoms with van der Waals surface area (Å²) in [6.45, 7) is 10.7. The Morgan fingerprint density at radius 3 is 2.44 bits per heavy atom. The van der Waals surface area contributed by atoms with E-state index in [2.05, 4.69) is 26.1 Å². The number of nitrogens with zero attached hydrogens (tertiary/aromatic N) is 1. The molecule has 182 valence electrons. The molecule has 0 radical (unpaired) electrons. The van der Waals surface area contributed by atoms with Crippen LogP contribution in [0.1, 0.15) is 46.1 Å². The summed E-state index contributed by atoms with van der Waals surface area (Å²) in [6, 6.07) is 7.30. The first-order chi connectivity index (χ1) is 15.4. The lowest BCUT2D eigenvalue weighted by molar-refractivity contribution is -0.149. The summed E-state index contributed by atoms with van der Waals surface area (Å²) in [5.74, 6) is 2.33. The molecule has 0 aliphatic rings. The molecule has 7 nitrogen and oxygen atoms in total. The van der Waals surface area contributed by atoms with Gasteiger partial charge in [-0.25, -0.2) is 9.59 Å². The lowest BCUT2D eigenvalue weighted by Crippen LogP contribution is -2.43. The van der Waals surface area contributed by atoms with Crippen LogP contribution in [-0.2, 0) is 16.0 Å². The third-order valence-corrected chi connectivity index (χ3v) is 5.91. The lowest BCUT2D eigenvalue weighted by atomic mass is 10.1. The van der Waals surface area contributed by atoms with Crippen LogP contribution in [0.25, 0.3) is 0 Å². The molecule has 0 heterocycles. The van der Waals surface area contributed by atoms with E-state index in [4.69, 9.17) is 9.47 Å². The molecule has 0 aliphatic carbocycles. The number of hydrogen-bond acceptors (Lipinski definition) is 5. The number of urea groups is 1. The summed E-state index contributed by atoms with van der Waals surface area (Å²) in [5.41, 5.74) is 0.873. The number of carboxylic acids is 1. The molecular weight excluding hydrogens is 428 g/mol. The Bertz CT molecular complexity index is 654. The van der Waals surface area contributed by atoms with Crippen LogP contribution < -0.4 is 10.1 Å². The van der Waals surface area contributed by atoms with E-state index in [1.54, 1.807) is 6.92 Å². The highest BCUT2D eigenvalue weighted by molar-refractivity contribution is 7.99. The maximum absolute atomic E-state index is 12.6. The van der Waals surface area contributed by atoms with Crippen LogP contribution in [0, 0.1) is 5.92 Å². The minimum absolute atomic E-state index is 0.0474. The molecule has 0 bridgehead atoms. The van der Waals surface area contributed by atoms with E-state index in [1.807, 2.05) is 40.9 Å². The second-order valence-corrected chi connectivity index (χ2v) is 9.24. The van der Waals surface area contributed by atoms with Gasteiger partial charge in [0.1, 0.15) is 12.4 Å². The van der Waals surface area contributed by atoms with Crippen LogP contribution in [0.2, 0.25) is 0 Å². The van der Waals surface area contributed by atoms with E-state index in [1.165, 1.54) is 6.42 Å². The molecule has 8 heteroatoms. The summed E-state index contributed by atoms with van der Waals surface area (Å²) in [7, 11) is 0. The number of hydrogen-bond donors (Lipinski definition) is 2. The monoisotopic (exact) mass is 468 g/mol. The number of thioether (sulfide) groups is 1. The Labute approximate surface area is 197 Å². The van der Waals surface area contributed by atoms with Crippen molar-refractivity contribution in [2.24, 2.45) is 5.92 Å². The van der Waals surface area contributed by atoms with E-state index < -0.39 is 12.1 Å². The number of ether oxygens (including phenoxy) is 2. The van der Waals surface area contributed by atoms with Gasteiger partial charge in [0.05, 0.1) is 6.54 Å². The topological polar surface area (TPSA) is 88.1 Å². The van der Waals surface area contributed by atoms with Crippen molar-refractivity contribution >= 4 is 23.8 Å². The van der Waals surface area contributed by atoms with Crippen molar-refractivity contribution in [3.63, 3.8) is 0 Å². The quantitative estimate of drug-likeness (QED) is 0.332. The molecule has 0 aliphatic heterocycles. The summed E-state index contributed by atoms with van der Waals surface area (Å²) >= 11 is 1.92. The minimum Gasteiger partial charge on any atom is -0.492 e. The predicted molar refractivity (Wildman–Crippen MR) is 131 cm³/mol. The smallest absolute Gasteiger partial charge is 0.333 e. The first kappa shape index (κ1) is 28.1. The molecule has 1 unspecified atom stereocenters. The van der Waals surface area contributed by atoms with Crippen molar-refractivity contribution in [1.82, 2.24) is 10.2 Å². The minimum atomic E-state index is -0.962. The fourth-order valence-electron chi connectivity index (χ4n) is 2.95. The highest BCUT2D eigenvalue weighted by atomic mass is 32.2. The third kappa shape index (κ3) is 12.2. The van der Waals surface area contributed by atoms with Gasteiger partial charge in [-0.1, -0.05) is 32.9 Å². The molecule has 0 aromatic heterocycles. The molecule has 0 saturated heterocycles. The van der Waals surface area contributed by atoms with Crippen molar-refractivity contribution in [3.8, 4) is 5.75 Å². The predicted octanol–water partition coefficient (Wildman–Crippen LogP) is 4.30. The van der Waals surface area contributed by atoms with Crippen molar-refractivity contribution in [2.45, 2.75) is 53.1 Å². The van der Waals surface area contributed by atoms with Crippen LogP contribution in [-0.4, -0.2) is 72.5 Å². The molecule has 0 spiro atoms. The Morgan fingerprint density at radius 1 is 1.12 bits per heavy atom. The SMILES string of the molecule is CCCSCCCN(CCOc1ccc(CC(OCC)C(=O)O)cc1)C(=O)NCC(C)C. The van der Waals surface area contributed by atoms with Crippen molar-refractivity contribution in [1.29, 1.82) is 0 Å². The van der Waals surface area contributed by atoms with Gasteiger partial charge in [-0.05, 0) is 54.9 Å². The maximum atomic E-state index is 12.6. The van der Waals surface area contributed by atoms with Gasteiger partial charge in [-0.2, -0.15) is 11.8 Å². The molecule has 0 saturated carbocycles. The number of carbonyl (C=O) groups is 2. The summed E-state index contributed by atoms with van der Waals surface area (Å²) in [5, 5.41) is 12.2. The molecule has 1 rings (SSSR count). The average molecular weight is 469 g/mol. The van der Waals surface area contributed by atoms with Crippen molar-refractivity contribution < 1.29 is 24.2 Å². The van der Waals surface area contributed by atoms with E-state index in [-0.39, 0.29) is 6.03 Å². The Balaban J connectivity index is 2.53.